The van der Waals surface area contributed by atoms with Gasteiger partial charge in [-0.05, 0) is 44.1 Å². The van der Waals surface area contributed by atoms with Crippen molar-refractivity contribution in [3.63, 3.8) is 0 Å². The van der Waals surface area contributed by atoms with E-state index in [-0.39, 0.29) is 0 Å². The van der Waals surface area contributed by atoms with E-state index in [1.54, 1.807) is 0 Å². The lowest BCUT2D eigenvalue weighted by Gasteiger charge is -1.97. The molecule has 0 amide bonds. The molecule has 0 saturated carbocycles. The summed E-state index contributed by atoms with van der Waals surface area (Å²) in [5, 5.41) is 0. The van der Waals surface area contributed by atoms with Crippen LogP contribution in [-0.4, -0.2) is 0 Å². The van der Waals surface area contributed by atoms with E-state index < -0.39 is 0 Å². The van der Waals surface area contributed by atoms with Crippen LogP contribution in [0.1, 0.15) is 20.8 Å². The molecule has 1 rings (SSSR count). The third kappa shape index (κ3) is 2.11. The van der Waals surface area contributed by atoms with Crippen LogP contribution >= 0.6 is 0 Å². The minimum atomic E-state index is 1.18. The van der Waals surface area contributed by atoms with E-state index in [2.05, 4.69) is 37.8 Å². The summed E-state index contributed by atoms with van der Waals surface area (Å²) in [5.41, 5.74) is 6.95. The topological polar surface area (TPSA) is 0 Å². The third-order valence-corrected chi connectivity index (χ3v) is 1.92. The SMILES string of the molecule is C/C=C(\C)C1=C=CC=CC(C)=C1. The van der Waals surface area contributed by atoms with Gasteiger partial charge in [0, 0.05) is 5.57 Å². The summed E-state index contributed by atoms with van der Waals surface area (Å²) in [6.07, 6.45) is 10.3. The first-order chi connectivity index (χ1) is 5.74. The lowest BCUT2D eigenvalue weighted by molar-refractivity contribution is 1.38. The molecule has 0 fully saturated rings. The van der Waals surface area contributed by atoms with Gasteiger partial charge in [0.2, 0.25) is 0 Å². The molecule has 0 unspecified atom stereocenters. The van der Waals surface area contributed by atoms with Gasteiger partial charge in [-0.2, -0.15) is 0 Å². The first-order valence-electron chi connectivity index (χ1n) is 4.19. The number of hydrogen-bond acceptors (Lipinski definition) is 0. The summed E-state index contributed by atoms with van der Waals surface area (Å²) >= 11 is 0. The Morgan fingerprint density at radius 2 is 2.25 bits per heavy atom. The van der Waals surface area contributed by atoms with Gasteiger partial charge in [-0.15, -0.1) is 5.73 Å². The molecule has 62 valence electrons. The predicted octanol–water partition coefficient (Wildman–Crippen LogP) is 3.55. The fraction of sp³-hybridized carbons (Fsp3) is 0.250. The Bertz CT molecular complexity index is 316. The molecule has 0 bridgehead atoms. The zero-order valence-corrected chi connectivity index (χ0v) is 7.89. The van der Waals surface area contributed by atoms with Crippen molar-refractivity contribution in [2.45, 2.75) is 20.8 Å². The highest BCUT2D eigenvalue weighted by atomic mass is 14.0. The molecule has 0 heterocycles. The Labute approximate surface area is 74.3 Å². The standard InChI is InChI=1S/C12H14/c1-4-11(3)12-8-6-5-7-10(2)9-12/h4-7,9H,1-3H3/b11-4+. The summed E-state index contributed by atoms with van der Waals surface area (Å²) in [6.45, 7) is 6.25. The quantitative estimate of drug-likeness (QED) is 0.512. The molecule has 0 atom stereocenters. The molecule has 0 spiro atoms. The molecule has 0 aliphatic heterocycles. The first-order valence-corrected chi connectivity index (χ1v) is 4.19. The van der Waals surface area contributed by atoms with Crippen LogP contribution in [0.2, 0.25) is 0 Å². The summed E-state index contributed by atoms with van der Waals surface area (Å²) in [7, 11) is 0. The van der Waals surface area contributed by atoms with Crippen molar-refractivity contribution in [1.82, 2.24) is 0 Å². The van der Waals surface area contributed by atoms with Crippen LogP contribution in [0.4, 0.5) is 0 Å². The molecule has 0 heteroatoms. The second-order valence-electron chi connectivity index (χ2n) is 2.94. The third-order valence-electron chi connectivity index (χ3n) is 1.92. The smallest absolute Gasteiger partial charge is 0.0193 e. The molecule has 0 saturated heterocycles. The van der Waals surface area contributed by atoms with Gasteiger partial charge in [0.05, 0.1) is 0 Å². The van der Waals surface area contributed by atoms with E-state index in [0.29, 0.717) is 0 Å². The van der Waals surface area contributed by atoms with Crippen molar-refractivity contribution in [3.8, 4) is 0 Å². The van der Waals surface area contributed by atoms with Crippen LogP contribution in [0.25, 0.3) is 0 Å². The fourth-order valence-corrected chi connectivity index (χ4v) is 1.04. The molecule has 1 aliphatic carbocycles. The molecule has 0 aromatic heterocycles. The number of hydrogen-bond donors (Lipinski definition) is 0. The van der Waals surface area contributed by atoms with Crippen molar-refractivity contribution >= 4 is 0 Å². The van der Waals surface area contributed by atoms with Crippen molar-refractivity contribution < 1.29 is 0 Å². The highest BCUT2D eigenvalue weighted by Gasteiger charge is 1.95. The molecule has 0 nitrogen and oxygen atoms in total. The van der Waals surface area contributed by atoms with Crippen LogP contribution < -0.4 is 0 Å². The van der Waals surface area contributed by atoms with Gasteiger partial charge < -0.3 is 0 Å². The fourth-order valence-electron chi connectivity index (χ4n) is 1.04. The number of rotatable bonds is 1. The van der Waals surface area contributed by atoms with Gasteiger partial charge >= 0.3 is 0 Å². The van der Waals surface area contributed by atoms with E-state index in [1.807, 2.05) is 19.1 Å². The molecule has 12 heavy (non-hydrogen) atoms. The van der Waals surface area contributed by atoms with Crippen molar-refractivity contribution in [3.05, 3.63) is 52.8 Å². The Hall–Kier alpha value is -1.26. The molecule has 0 aromatic rings. The van der Waals surface area contributed by atoms with Gasteiger partial charge in [-0.3, -0.25) is 0 Å². The molecule has 0 radical (unpaired) electrons. The molecular weight excluding hydrogens is 144 g/mol. The Kier molecular flexibility index (Phi) is 2.90. The highest BCUT2D eigenvalue weighted by molar-refractivity contribution is 5.44. The molecule has 0 aromatic carbocycles. The zero-order valence-electron chi connectivity index (χ0n) is 7.89. The predicted molar refractivity (Wildman–Crippen MR) is 53.9 cm³/mol. The van der Waals surface area contributed by atoms with Gasteiger partial charge in [0.25, 0.3) is 0 Å². The molecular formula is C12H14. The van der Waals surface area contributed by atoms with Crippen LogP contribution in [-0.2, 0) is 0 Å². The summed E-state index contributed by atoms with van der Waals surface area (Å²) in [5.74, 6) is 0. The highest BCUT2D eigenvalue weighted by Crippen LogP contribution is 2.14. The second kappa shape index (κ2) is 3.94. The zero-order chi connectivity index (χ0) is 8.97. The van der Waals surface area contributed by atoms with Gasteiger partial charge in [0.1, 0.15) is 0 Å². The average Bonchev–Trinajstić information content (AvgIpc) is 2.28. The molecule has 1 aliphatic rings. The van der Waals surface area contributed by atoms with Crippen molar-refractivity contribution in [1.29, 1.82) is 0 Å². The minimum absolute atomic E-state index is 1.18. The van der Waals surface area contributed by atoms with E-state index in [4.69, 9.17) is 0 Å². The van der Waals surface area contributed by atoms with E-state index in [9.17, 15) is 0 Å². The maximum Gasteiger partial charge on any atom is 0.0193 e. The van der Waals surface area contributed by atoms with Crippen LogP contribution in [0.15, 0.2) is 52.8 Å². The van der Waals surface area contributed by atoms with E-state index in [0.717, 1.165) is 0 Å². The lowest BCUT2D eigenvalue weighted by atomic mass is 10.1. The summed E-state index contributed by atoms with van der Waals surface area (Å²) < 4.78 is 0. The first kappa shape index (κ1) is 8.83. The average molecular weight is 158 g/mol. The van der Waals surface area contributed by atoms with Crippen LogP contribution in [0, 0.1) is 0 Å². The van der Waals surface area contributed by atoms with E-state index in [1.165, 1.54) is 16.7 Å². The van der Waals surface area contributed by atoms with Gasteiger partial charge in [-0.1, -0.05) is 18.2 Å². The summed E-state index contributed by atoms with van der Waals surface area (Å²) in [4.78, 5) is 0. The Morgan fingerprint density at radius 3 is 2.92 bits per heavy atom. The monoisotopic (exact) mass is 158 g/mol. The van der Waals surface area contributed by atoms with Gasteiger partial charge in [-0.25, -0.2) is 0 Å². The van der Waals surface area contributed by atoms with Crippen LogP contribution in [0.5, 0.6) is 0 Å². The van der Waals surface area contributed by atoms with E-state index >= 15 is 0 Å². The molecule has 0 N–H and O–H groups in total. The summed E-state index contributed by atoms with van der Waals surface area (Å²) in [6, 6.07) is 0. The maximum absolute atomic E-state index is 3.22. The lowest BCUT2D eigenvalue weighted by Crippen LogP contribution is -1.79. The number of allylic oxidation sites excluding steroid dienone is 7. The van der Waals surface area contributed by atoms with Crippen molar-refractivity contribution in [2.24, 2.45) is 0 Å². The minimum Gasteiger partial charge on any atom is -0.113 e. The van der Waals surface area contributed by atoms with Crippen molar-refractivity contribution in [2.75, 3.05) is 0 Å². The second-order valence-corrected chi connectivity index (χ2v) is 2.94. The Morgan fingerprint density at radius 1 is 1.50 bits per heavy atom. The maximum atomic E-state index is 3.22. The van der Waals surface area contributed by atoms with Crippen LogP contribution in [0.3, 0.4) is 0 Å². The normalized spacial score (nSPS) is 17.1. The Balaban J connectivity index is 3.07. The van der Waals surface area contributed by atoms with Gasteiger partial charge in [0.15, 0.2) is 0 Å². The largest absolute Gasteiger partial charge is 0.113 e.